The van der Waals surface area contributed by atoms with E-state index in [2.05, 4.69) is 12.2 Å². The molecule has 0 heterocycles. The first-order valence-corrected chi connectivity index (χ1v) is 4.82. The Balaban J connectivity index is 0. The van der Waals surface area contributed by atoms with E-state index in [4.69, 9.17) is 5.73 Å². The molecule has 2 nitrogen and oxygen atoms in total. The van der Waals surface area contributed by atoms with E-state index in [0.29, 0.717) is 0 Å². The van der Waals surface area contributed by atoms with Crippen molar-refractivity contribution in [3.05, 3.63) is 0 Å². The van der Waals surface area contributed by atoms with Gasteiger partial charge in [-0.05, 0) is 32.5 Å². The van der Waals surface area contributed by atoms with Gasteiger partial charge in [0.1, 0.15) is 0 Å². The van der Waals surface area contributed by atoms with Crippen molar-refractivity contribution < 1.29 is 0 Å². The van der Waals surface area contributed by atoms with E-state index in [-0.39, 0.29) is 0 Å². The summed E-state index contributed by atoms with van der Waals surface area (Å²) < 4.78 is 0. The van der Waals surface area contributed by atoms with E-state index >= 15 is 0 Å². The lowest BCUT2D eigenvalue weighted by Crippen LogP contribution is -2.19. The molecule has 0 fully saturated rings. The highest BCUT2D eigenvalue weighted by molar-refractivity contribution is 4.46. The standard InChI is InChI=1S/C7H18N2.C2H6/c1-2-3-6-9-7-4-5-8;1-2/h9H,2-8H2,1H3;1-2H3. The van der Waals surface area contributed by atoms with Gasteiger partial charge in [-0.15, -0.1) is 0 Å². The highest BCUT2D eigenvalue weighted by Crippen LogP contribution is 1.81. The van der Waals surface area contributed by atoms with Gasteiger partial charge in [0.25, 0.3) is 0 Å². The summed E-state index contributed by atoms with van der Waals surface area (Å²) in [6.45, 7) is 9.23. The first-order valence-electron chi connectivity index (χ1n) is 4.82. The van der Waals surface area contributed by atoms with Gasteiger partial charge in [0, 0.05) is 0 Å². The summed E-state index contributed by atoms with van der Waals surface area (Å²) in [7, 11) is 0. The van der Waals surface area contributed by atoms with Crippen molar-refractivity contribution in [2.45, 2.75) is 40.0 Å². The third kappa shape index (κ3) is 17.8. The number of rotatable bonds is 6. The second kappa shape index (κ2) is 16.5. The molecule has 0 bridgehead atoms. The number of hydrogen-bond acceptors (Lipinski definition) is 2. The minimum atomic E-state index is 0.805. The Morgan fingerprint density at radius 3 is 2.09 bits per heavy atom. The average Bonchev–Trinajstić information content (AvgIpc) is 2.08. The maximum atomic E-state index is 5.30. The number of nitrogens with one attached hydrogen (secondary N) is 1. The van der Waals surface area contributed by atoms with Crippen LogP contribution in [0, 0.1) is 0 Å². The van der Waals surface area contributed by atoms with Crippen LogP contribution < -0.4 is 11.1 Å². The molecule has 2 heteroatoms. The zero-order valence-corrected chi connectivity index (χ0v) is 8.32. The summed E-state index contributed by atoms with van der Waals surface area (Å²) in [4.78, 5) is 0. The van der Waals surface area contributed by atoms with Crippen LogP contribution in [0.1, 0.15) is 40.0 Å². The Kier molecular flexibility index (Phi) is 20.2. The molecule has 0 aromatic carbocycles. The Morgan fingerprint density at radius 1 is 1.09 bits per heavy atom. The second-order valence-corrected chi connectivity index (χ2v) is 2.25. The second-order valence-electron chi connectivity index (χ2n) is 2.25. The molecule has 0 spiro atoms. The smallest absolute Gasteiger partial charge is 0.00369 e. The molecular weight excluding hydrogens is 136 g/mol. The fraction of sp³-hybridized carbons (Fsp3) is 1.00. The van der Waals surface area contributed by atoms with Gasteiger partial charge < -0.3 is 11.1 Å². The molecule has 0 saturated heterocycles. The molecule has 11 heavy (non-hydrogen) atoms. The van der Waals surface area contributed by atoms with Gasteiger partial charge in [0.15, 0.2) is 0 Å². The predicted octanol–water partition coefficient (Wildman–Crippen LogP) is 1.75. The van der Waals surface area contributed by atoms with Crippen molar-refractivity contribution in [3.8, 4) is 0 Å². The fourth-order valence-corrected chi connectivity index (χ4v) is 0.654. The topological polar surface area (TPSA) is 38.0 Å². The highest BCUT2D eigenvalue weighted by Gasteiger charge is 1.83. The van der Waals surface area contributed by atoms with Crippen molar-refractivity contribution in [1.29, 1.82) is 0 Å². The highest BCUT2D eigenvalue weighted by atomic mass is 14.8. The molecular formula is C9H24N2. The van der Waals surface area contributed by atoms with E-state index in [1.807, 2.05) is 13.8 Å². The molecule has 0 rings (SSSR count). The Labute approximate surface area is 71.6 Å². The predicted molar refractivity (Wildman–Crippen MR) is 52.8 cm³/mol. The summed E-state index contributed by atoms with van der Waals surface area (Å²) in [6, 6.07) is 0. The van der Waals surface area contributed by atoms with Crippen molar-refractivity contribution in [1.82, 2.24) is 5.32 Å². The van der Waals surface area contributed by atoms with Crippen molar-refractivity contribution in [3.63, 3.8) is 0 Å². The lowest BCUT2D eigenvalue weighted by Gasteiger charge is -1.99. The molecule has 3 N–H and O–H groups in total. The van der Waals surface area contributed by atoms with Crippen LogP contribution in [0.25, 0.3) is 0 Å². The van der Waals surface area contributed by atoms with Crippen LogP contribution in [-0.4, -0.2) is 19.6 Å². The van der Waals surface area contributed by atoms with Crippen LogP contribution in [0.4, 0.5) is 0 Å². The van der Waals surface area contributed by atoms with Gasteiger partial charge in [0.2, 0.25) is 0 Å². The van der Waals surface area contributed by atoms with E-state index < -0.39 is 0 Å². The minimum Gasteiger partial charge on any atom is -0.330 e. The summed E-state index contributed by atoms with van der Waals surface area (Å²) in [5.41, 5.74) is 5.30. The molecule has 0 aliphatic carbocycles. The lowest BCUT2D eigenvalue weighted by molar-refractivity contribution is 0.621. The van der Waals surface area contributed by atoms with Crippen molar-refractivity contribution >= 4 is 0 Å². The van der Waals surface area contributed by atoms with Gasteiger partial charge in [-0.3, -0.25) is 0 Å². The van der Waals surface area contributed by atoms with Crippen molar-refractivity contribution in [2.75, 3.05) is 19.6 Å². The van der Waals surface area contributed by atoms with Crippen molar-refractivity contribution in [2.24, 2.45) is 5.73 Å². The third-order valence-electron chi connectivity index (χ3n) is 1.26. The molecule has 0 aliphatic rings. The van der Waals surface area contributed by atoms with Gasteiger partial charge in [-0.1, -0.05) is 27.2 Å². The molecule has 0 amide bonds. The molecule has 70 valence electrons. The van der Waals surface area contributed by atoms with Crippen LogP contribution in [0.5, 0.6) is 0 Å². The zero-order valence-electron chi connectivity index (χ0n) is 8.32. The molecule has 0 radical (unpaired) electrons. The maximum Gasteiger partial charge on any atom is -0.00369 e. The van der Waals surface area contributed by atoms with Gasteiger partial charge >= 0.3 is 0 Å². The van der Waals surface area contributed by atoms with Gasteiger partial charge in [-0.2, -0.15) is 0 Å². The average molecular weight is 160 g/mol. The SMILES string of the molecule is CC.CCCCNCCCN. The quantitative estimate of drug-likeness (QED) is 0.581. The molecule has 0 aliphatic heterocycles. The van der Waals surface area contributed by atoms with Crippen LogP contribution in [-0.2, 0) is 0 Å². The fourth-order valence-electron chi connectivity index (χ4n) is 0.654. The summed E-state index contributed by atoms with van der Waals surface area (Å²) >= 11 is 0. The first-order chi connectivity index (χ1) is 5.41. The summed E-state index contributed by atoms with van der Waals surface area (Å²) in [5, 5.41) is 3.31. The molecule has 0 aromatic rings. The number of unbranched alkanes of at least 4 members (excludes halogenated alkanes) is 1. The van der Waals surface area contributed by atoms with E-state index in [1.165, 1.54) is 12.8 Å². The normalized spacial score (nSPS) is 8.73. The molecule has 0 atom stereocenters. The van der Waals surface area contributed by atoms with Crippen LogP contribution in [0.2, 0.25) is 0 Å². The Bertz CT molecular complexity index is 40.8. The van der Waals surface area contributed by atoms with Gasteiger partial charge in [-0.25, -0.2) is 0 Å². The summed E-state index contributed by atoms with van der Waals surface area (Å²) in [5.74, 6) is 0. The third-order valence-corrected chi connectivity index (χ3v) is 1.26. The number of hydrogen-bond donors (Lipinski definition) is 2. The summed E-state index contributed by atoms with van der Waals surface area (Å²) in [6.07, 6.45) is 3.66. The lowest BCUT2D eigenvalue weighted by atomic mass is 10.3. The van der Waals surface area contributed by atoms with E-state index in [0.717, 1.165) is 26.1 Å². The van der Waals surface area contributed by atoms with Gasteiger partial charge in [0.05, 0.1) is 0 Å². The largest absolute Gasteiger partial charge is 0.330 e. The maximum absolute atomic E-state index is 5.30. The Morgan fingerprint density at radius 2 is 1.64 bits per heavy atom. The molecule has 0 saturated carbocycles. The Hall–Kier alpha value is -0.0800. The van der Waals surface area contributed by atoms with Crippen LogP contribution >= 0.6 is 0 Å². The van der Waals surface area contributed by atoms with Crippen LogP contribution in [0.15, 0.2) is 0 Å². The van der Waals surface area contributed by atoms with E-state index in [9.17, 15) is 0 Å². The monoisotopic (exact) mass is 160 g/mol. The van der Waals surface area contributed by atoms with E-state index in [1.54, 1.807) is 0 Å². The first kappa shape index (κ1) is 13.5. The minimum absolute atomic E-state index is 0.805. The zero-order chi connectivity index (χ0) is 8.95. The molecule has 0 unspecified atom stereocenters. The molecule has 0 aromatic heterocycles. The number of nitrogens with two attached hydrogens (primary N) is 1. The van der Waals surface area contributed by atoms with Crippen LogP contribution in [0.3, 0.4) is 0 Å².